The molecule has 0 atom stereocenters. The van der Waals surface area contributed by atoms with Crippen molar-refractivity contribution in [3.05, 3.63) is 35.4 Å². The van der Waals surface area contributed by atoms with Gasteiger partial charge in [0.2, 0.25) is 0 Å². The summed E-state index contributed by atoms with van der Waals surface area (Å²) in [5.74, 6) is 0. The Hall–Kier alpha value is -1.59. The highest BCUT2D eigenvalue weighted by Crippen LogP contribution is 2.03. The van der Waals surface area contributed by atoms with Crippen molar-refractivity contribution in [2.75, 3.05) is 26.3 Å². The standard InChI is InChI=1S/C16H26N2O3/c1-4-20-15(21-5-2)12-18-16(19)17-10-9-14-8-6-7-13(3)11-14/h6-8,11,15H,4-5,9-10,12H2,1-3H3,(H2,17,18,19). The van der Waals surface area contributed by atoms with Gasteiger partial charge in [-0.2, -0.15) is 0 Å². The summed E-state index contributed by atoms with van der Waals surface area (Å²) in [4.78, 5) is 11.7. The van der Waals surface area contributed by atoms with Gasteiger partial charge in [0, 0.05) is 19.8 Å². The molecule has 1 rings (SSSR count). The molecule has 0 unspecified atom stereocenters. The minimum Gasteiger partial charge on any atom is -0.351 e. The Morgan fingerprint density at radius 2 is 1.90 bits per heavy atom. The second kappa shape index (κ2) is 10.2. The molecule has 5 nitrogen and oxygen atoms in total. The van der Waals surface area contributed by atoms with Crippen molar-refractivity contribution in [2.45, 2.75) is 33.5 Å². The van der Waals surface area contributed by atoms with E-state index in [1.807, 2.05) is 19.9 Å². The lowest BCUT2D eigenvalue weighted by atomic mass is 10.1. The quantitative estimate of drug-likeness (QED) is 0.687. The Bertz CT molecular complexity index is 418. The molecule has 2 amide bonds. The van der Waals surface area contributed by atoms with E-state index in [0.29, 0.717) is 26.3 Å². The van der Waals surface area contributed by atoms with Gasteiger partial charge in [-0.3, -0.25) is 0 Å². The average molecular weight is 294 g/mol. The maximum absolute atomic E-state index is 11.7. The van der Waals surface area contributed by atoms with Gasteiger partial charge in [-0.05, 0) is 32.8 Å². The number of benzene rings is 1. The van der Waals surface area contributed by atoms with Crippen LogP contribution in [-0.4, -0.2) is 38.6 Å². The zero-order valence-corrected chi connectivity index (χ0v) is 13.1. The molecule has 0 saturated carbocycles. The molecule has 0 aliphatic heterocycles. The Morgan fingerprint density at radius 1 is 1.19 bits per heavy atom. The topological polar surface area (TPSA) is 59.6 Å². The van der Waals surface area contributed by atoms with Crippen molar-refractivity contribution in [3.8, 4) is 0 Å². The van der Waals surface area contributed by atoms with E-state index in [1.165, 1.54) is 11.1 Å². The second-order valence-electron chi connectivity index (χ2n) is 4.72. The van der Waals surface area contributed by atoms with Crippen molar-refractivity contribution in [2.24, 2.45) is 0 Å². The molecule has 1 aromatic carbocycles. The lowest BCUT2D eigenvalue weighted by Gasteiger charge is -2.17. The summed E-state index contributed by atoms with van der Waals surface area (Å²) < 4.78 is 10.7. The Kier molecular flexibility index (Phi) is 8.47. The number of carbonyl (C=O) groups excluding carboxylic acids is 1. The normalized spacial score (nSPS) is 10.7. The van der Waals surface area contributed by atoms with Crippen molar-refractivity contribution in [3.63, 3.8) is 0 Å². The Morgan fingerprint density at radius 3 is 2.52 bits per heavy atom. The Labute approximate surface area is 127 Å². The van der Waals surface area contributed by atoms with Crippen LogP contribution in [0.2, 0.25) is 0 Å². The minimum absolute atomic E-state index is 0.202. The summed E-state index contributed by atoms with van der Waals surface area (Å²) in [6, 6.07) is 8.07. The molecular weight excluding hydrogens is 268 g/mol. The molecule has 2 N–H and O–H groups in total. The summed E-state index contributed by atoms with van der Waals surface area (Å²) in [7, 11) is 0. The first-order valence-electron chi connectivity index (χ1n) is 7.46. The number of hydrogen-bond acceptors (Lipinski definition) is 3. The van der Waals surface area contributed by atoms with Gasteiger partial charge in [0.25, 0.3) is 0 Å². The average Bonchev–Trinajstić information content (AvgIpc) is 2.45. The minimum atomic E-state index is -0.387. The highest BCUT2D eigenvalue weighted by atomic mass is 16.7. The molecule has 0 heterocycles. The highest BCUT2D eigenvalue weighted by molar-refractivity contribution is 5.73. The van der Waals surface area contributed by atoms with Crippen LogP contribution in [0.4, 0.5) is 4.79 Å². The van der Waals surface area contributed by atoms with Crippen LogP contribution in [0.15, 0.2) is 24.3 Å². The number of ether oxygens (including phenoxy) is 2. The van der Waals surface area contributed by atoms with E-state index in [0.717, 1.165) is 6.42 Å². The van der Waals surface area contributed by atoms with Gasteiger partial charge in [0.05, 0.1) is 6.54 Å². The summed E-state index contributed by atoms with van der Waals surface area (Å²) in [5, 5.41) is 5.58. The first-order chi connectivity index (χ1) is 10.2. The smallest absolute Gasteiger partial charge is 0.314 e. The summed E-state index contributed by atoms with van der Waals surface area (Å²) in [5.41, 5.74) is 2.45. The number of nitrogens with one attached hydrogen (secondary N) is 2. The first-order valence-corrected chi connectivity index (χ1v) is 7.46. The zero-order valence-electron chi connectivity index (χ0n) is 13.1. The van der Waals surface area contributed by atoms with Gasteiger partial charge in [0.15, 0.2) is 6.29 Å². The molecule has 0 aliphatic rings. The molecule has 0 aromatic heterocycles. The fraction of sp³-hybridized carbons (Fsp3) is 0.562. The molecule has 0 aliphatic carbocycles. The first kappa shape index (κ1) is 17.5. The predicted octanol–water partition coefficient (Wildman–Crippen LogP) is 2.24. The molecular formula is C16H26N2O3. The fourth-order valence-corrected chi connectivity index (χ4v) is 1.96. The number of carbonyl (C=O) groups is 1. The predicted molar refractivity (Wildman–Crippen MR) is 83.3 cm³/mol. The van der Waals surface area contributed by atoms with Crippen LogP contribution in [-0.2, 0) is 15.9 Å². The number of aryl methyl sites for hydroxylation is 1. The summed E-state index contributed by atoms with van der Waals surface area (Å²) in [6.07, 6.45) is 0.428. The van der Waals surface area contributed by atoms with Crippen molar-refractivity contribution < 1.29 is 14.3 Å². The van der Waals surface area contributed by atoms with Crippen LogP contribution in [0.3, 0.4) is 0 Å². The van der Waals surface area contributed by atoms with E-state index in [1.54, 1.807) is 0 Å². The molecule has 5 heteroatoms. The maximum Gasteiger partial charge on any atom is 0.314 e. The van der Waals surface area contributed by atoms with Crippen LogP contribution in [0.1, 0.15) is 25.0 Å². The third-order valence-electron chi connectivity index (χ3n) is 2.92. The van der Waals surface area contributed by atoms with E-state index < -0.39 is 0 Å². The molecule has 21 heavy (non-hydrogen) atoms. The molecule has 0 spiro atoms. The number of hydrogen-bond donors (Lipinski definition) is 2. The fourth-order valence-electron chi connectivity index (χ4n) is 1.96. The molecule has 0 fully saturated rings. The molecule has 118 valence electrons. The van der Waals surface area contributed by atoms with Crippen LogP contribution < -0.4 is 10.6 Å². The summed E-state index contributed by atoms with van der Waals surface area (Å²) in [6.45, 7) is 7.91. The monoisotopic (exact) mass is 294 g/mol. The zero-order chi connectivity index (χ0) is 15.5. The number of rotatable bonds is 9. The van der Waals surface area contributed by atoms with Gasteiger partial charge in [-0.25, -0.2) is 4.79 Å². The lowest BCUT2D eigenvalue weighted by Crippen LogP contribution is -2.42. The van der Waals surface area contributed by atoms with Gasteiger partial charge in [0.1, 0.15) is 0 Å². The lowest BCUT2D eigenvalue weighted by molar-refractivity contribution is -0.131. The van der Waals surface area contributed by atoms with Gasteiger partial charge in [-0.1, -0.05) is 29.8 Å². The second-order valence-corrected chi connectivity index (χ2v) is 4.72. The van der Waals surface area contributed by atoms with Crippen LogP contribution in [0.25, 0.3) is 0 Å². The third-order valence-corrected chi connectivity index (χ3v) is 2.92. The van der Waals surface area contributed by atoms with Gasteiger partial charge in [-0.15, -0.1) is 0 Å². The van der Waals surface area contributed by atoms with Crippen molar-refractivity contribution >= 4 is 6.03 Å². The summed E-state index contributed by atoms with van der Waals surface area (Å²) >= 11 is 0. The van der Waals surface area contributed by atoms with E-state index in [-0.39, 0.29) is 12.3 Å². The van der Waals surface area contributed by atoms with Crippen molar-refractivity contribution in [1.82, 2.24) is 10.6 Å². The number of urea groups is 1. The molecule has 1 aromatic rings. The Balaban J connectivity index is 2.21. The third kappa shape index (κ3) is 7.68. The molecule has 0 bridgehead atoms. The van der Waals surface area contributed by atoms with Crippen LogP contribution >= 0.6 is 0 Å². The van der Waals surface area contributed by atoms with Crippen molar-refractivity contribution in [1.29, 1.82) is 0 Å². The van der Waals surface area contributed by atoms with E-state index in [4.69, 9.17) is 9.47 Å². The van der Waals surface area contributed by atoms with Gasteiger partial charge < -0.3 is 20.1 Å². The molecule has 0 radical (unpaired) electrons. The van der Waals surface area contributed by atoms with Gasteiger partial charge >= 0.3 is 6.03 Å². The highest BCUT2D eigenvalue weighted by Gasteiger charge is 2.09. The van der Waals surface area contributed by atoms with Crippen LogP contribution in [0, 0.1) is 6.92 Å². The largest absolute Gasteiger partial charge is 0.351 e. The van der Waals surface area contributed by atoms with Crippen LogP contribution in [0.5, 0.6) is 0 Å². The SMILES string of the molecule is CCOC(CNC(=O)NCCc1cccc(C)c1)OCC. The van der Waals surface area contributed by atoms with E-state index in [2.05, 4.69) is 35.8 Å². The number of amides is 2. The molecule has 0 saturated heterocycles. The van der Waals surface area contributed by atoms with E-state index >= 15 is 0 Å². The maximum atomic E-state index is 11.7. The van der Waals surface area contributed by atoms with E-state index in [9.17, 15) is 4.79 Å².